The summed E-state index contributed by atoms with van der Waals surface area (Å²) in [5, 5.41) is 4.71. The molecule has 0 spiro atoms. The SMILES string of the molecule is CCCC(CNC1CC1)Oc1ccc(Cl)cc1Cl. The molecule has 18 heavy (non-hydrogen) atoms. The van der Waals surface area contributed by atoms with Crippen molar-refractivity contribution in [2.24, 2.45) is 0 Å². The second kappa shape index (κ2) is 6.65. The zero-order chi connectivity index (χ0) is 13.0. The van der Waals surface area contributed by atoms with Gasteiger partial charge in [0.2, 0.25) is 0 Å². The first kappa shape index (κ1) is 14.0. The zero-order valence-corrected chi connectivity index (χ0v) is 12.1. The van der Waals surface area contributed by atoms with Gasteiger partial charge in [-0.15, -0.1) is 0 Å². The largest absolute Gasteiger partial charge is 0.488 e. The van der Waals surface area contributed by atoms with Gasteiger partial charge in [-0.2, -0.15) is 0 Å². The van der Waals surface area contributed by atoms with Crippen LogP contribution in [0.1, 0.15) is 32.6 Å². The average molecular weight is 288 g/mol. The summed E-state index contributed by atoms with van der Waals surface area (Å²) >= 11 is 12.0. The van der Waals surface area contributed by atoms with E-state index >= 15 is 0 Å². The molecule has 1 fully saturated rings. The summed E-state index contributed by atoms with van der Waals surface area (Å²) in [6.07, 6.45) is 4.89. The molecule has 2 rings (SSSR count). The van der Waals surface area contributed by atoms with Crippen LogP contribution in [0.5, 0.6) is 5.75 Å². The molecule has 1 saturated carbocycles. The molecule has 1 unspecified atom stereocenters. The molecule has 0 heterocycles. The number of hydrogen-bond acceptors (Lipinski definition) is 2. The first-order chi connectivity index (χ1) is 8.69. The van der Waals surface area contributed by atoms with Gasteiger partial charge in [-0.25, -0.2) is 0 Å². The Labute approximate surface area is 119 Å². The fourth-order valence-electron chi connectivity index (χ4n) is 1.86. The highest BCUT2D eigenvalue weighted by Gasteiger charge is 2.22. The van der Waals surface area contributed by atoms with Crippen molar-refractivity contribution in [3.63, 3.8) is 0 Å². The van der Waals surface area contributed by atoms with Gasteiger partial charge in [0, 0.05) is 17.6 Å². The third-order valence-electron chi connectivity index (χ3n) is 3.01. The molecule has 4 heteroatoms. The molecule has 1 aliphatic carbocycles. The number of ether oxygens (including phenoxy) is 1. The molecule has 0 aromatic heterocycles. The maximum atomic E-state index is 6.12. The van der Waals surface area contributed by atoms with Gasteiger partial charge in [0.05, 0.1) is 5.02 Å². The summed E-state index contributed by atoms with van der Waals surface area (Å²) in [5.41, 5.74) is 0. The molecule has 0 bridgehead atoms. The second-order valence-corrected chi connectivity index (χ2v) is 5.63. The summed E-state index contributed by atoms with van der Waals surface area (Å²) in [4.78, 5) is 0. The minimum atomic E-state index is 0.175. The Morgan fingerprint density at radius 1 is 1.39 bits per heavy atom. The quantitative estimate of drug-likeness (QED) is 0.808. The predicted octanol–water partition coefficient (Wildman–Crippen LogP) is 4.29. The van der Waals surface area contributed by atoms with Gasteiger partial charge < -0.3 is 10.1 Å². The average Bonchev–Trinajstić information content (AvgIpc) is 3.13. The molecule has 1 aromatic rings. The van der Waals surface area contributed by atoms with Crippen LogP contribution in [0, 0.1) is 0 Å². The van der Waals surface area contributed by atoms with E-state index in [1.54, 1.807) is 12.1 Å². The molecular formula is C14H19Cl2NO. The minimum absolute atomic E-state index is 0.175. The van der Waals surface area contributed by atoms with Crippen molar-refractivity contribution >= 4 is 23.2 Å². The molecule has 100 valence electrons. The van der Waals surface area contributed by atoms with Crippen LogP contribution < -0.4 is 10.1 Å². The van der Waals surface area contributed by atoms with E-state index in [9.17, 15) is 0 Å². The standard InChI is InChI=1S/C14H19Cl2NO/c1-2-3-12(9-17-11-5-6-11)18-14-7-4-10(15)8-13(14)16/h4,7-8,11-12,17H,2-3,5-6,9H2,1H3. The van der Waals surface area contributed by atoms with Crippen LogP contribution in [0.3, 0.4) is 0 Å². The first-order valence-corrected chi connectivity index (χ1v) is 7.29. The van der Waals surface area contributed by atoms with Crippen LogP contribution in [-0.4, -0.2) is 18.7 Å². The van der Waals surface area contributed by atoms with Gasteiger partial charge >= 0.3 is 0 Å². The van der Waals surface area contributed by atoms with Crippen LogP contribution in [-0.2, 0) is 0 Å². The Morgan fingerprint density at radius 3 is 2.78 bits per heavy atom. The summed E-state index contributed by atoms with van der Waals surface area (Å²) in [6, 6.07) is 6.06. The number of rotatable bonds is 7. The van der Waals surface area contributed by atoms with E-state index < -0.39 is 0 Å². The minimum Gasteiger partial charge on any atom is -0.488 e. The van der Waals surface area contributed by atoms with Gasteiger partial charge in [-0.3, -0.25) is 0 Å². The van der Waals surface area contributed by atoms with E-state index in [4.69, 9.17) is 27.9 Å². The Morgan fingerprint density at radius 2 is 2.17 bits per heavy atom. The van der Waals surface area contributed by atoms with Crippen molar-refractivity contribution in [1.29, 1.82) is 0 Å². The highest BCUT2D eigenvalue weighted by atomic mass is 35.5. The molecular weight excluding hydrogens is 269 g/mol. The van der Waals surface area contributed by atoms with E-state index in [1.165, 1.54) is 12.8 Å². The smallest absolute Gasteiger partial charge is 0.138 e. The van der Waals surface area contributed by atoms with Gasteiger partial charge in [-0.05, 0) is 37.5 Å². The summed E-state index contributed by atoms with van der Waals surface area (Å²) in [6.45, 7) is 3.05. The molecule has 1 aliphatic rings. The lowest BCUT2D eigenvalue weighted by Crippen LogP contribution is -2.32. The summed E-state index contributed by atoms with van der Waals surface area (Å²) in [7, 11) is 0. The summed E-state index contributed by atoms with van der Waals surface area (Å²) < 4.78 is 5.97. The molecule has 0 aliphatic heterocycles. The third kappa shape index (κ3) is 4.34. The third-order valence-corrected chi connectivity index (χ3v) is 3.54. The summed E-state index contributed by atoms with van der Waals surface area (Å²) in [5.74, 6) is 0.720. The predicted molar refractivity (Wildman–Crippen MR) is 76.8 cm³/mol. The molecule has 1 N–H and O–H groups in total. The maximum Gasteiger partial charge on any atom is 0.138 e. The van der Waals surface area contributed by atoms with Crippen LogP contribution in [0.15, 0.2) is 18.2 Å². The first-order valence-electron chi connectivity index (χ1n) is 6.54. The normalized spacial score (nSPS) is 16.6. The van der Waals surface area contributed by atoms with E-state index in [2.05, 4.69) is 12.2 Å². The highest BCUT2D eigenvalue weighted by molar-refractivity contribution is 6.35. The Bertz CT molecular complexity index is 393. The van der Waals surface area contributed by atoms with Crippen molar-refractivity contribution in [2.45, 2.75) is 44.8 Å². The van der Waals surface area contributed by atoms with E-state index in [0.717, 1.165) is 25.1 Å². The van der Waals surface area contributed by atoms with Crippen LogP contribution >= 0.6 is 23.2 Å². The molecule has 1 atom stereocenters. The lowest BCUT2D eigenvalue weighted by molar-refractivity contribution is 0.186. The number of benzene rings is 1. The molecule has 0 radical (unpaired) electrons. The van der Waals surface area contributed by atoms with Gasteiger partial charge in [0.25, 0.3) is 0 Å². The van der Waals surface area contributed by atoms with Crippen LogP contribution in [0.2, 0.25) is 10.0 Å². The van der Waals surface area contributed by atoms with Crippen molar-refractivity contribution in [3.05, 3.63) is 28.2 Å². The van der Waals surface area contributed by atoms with Crippen LogP contribution in [0.25, 0.3) is 0 Å². The fourth-order valence-corrected chi connectivity index (χ4v) is 2.31. The monoisotopic (exact) mass is 287 g/mol. The Balaban J connectivity index is 1.92. The maximum absolute atomic E-state index is 6.12. The van der Waals surface area contributed by atoms with Crippen molar-refractivity contribution in [2.75, 3.05) is 6.54 Å². The van der Waals surface area contributed by atoms with Crippen LogP contribution in [0.4, 0.5) is 0 Å². The molecule has 0 amide bonds. The van der Waals surface area contributed by atoms with E-state index in [-0.39, 0.29) is 6.10 Å². The zero-order valence-electron chi connectivity index (χ0n) is 10.6. The Kier molecular flexibility index (Phi) is 5.16. The fraction of sp³-hybridized carbons (Fsp3) is 0.571. The lowest BCUT2D eigenvalue weighted by Gasteiger charge is -2.20. The number of nitrogens with one attached hydrogen (secondary N) is 1. The van der Waals surface area contributed by atoms with Gasteiger partial charge in [0.1, 0.15) is 11.9 Å². The number of hydrogen-bond donors (Lipinski definition) is 1. The molecule has 2 nitrogen and oxygen atoms in total. The topological polar surface area (TPSA) is 21.3 Å². The molecule has 1 aromatic carbocycles. The van der Waals surface area contributed by atoms with Gasteiger partial charge in [0.15, 0.2) is 0 Å². The highest BCUT2D eigenvalue weighted by Crippen LogP contribution is 2.29. The Hall–Kier alpha value is -0.440. The van der Waals surface area contributed by atoms with E-state index in [1.807, 2.05) is 6.07 Å². The molecule has 0 saturated heterocycles. The van der Waals surface area contributed by atoms with Crippen molar-refractivity contribution in [3.8, 4) is 5.75 Å². The van der Waals surface area contributed by atoms with Gasteiger partial charge in [-0.1, -0.05) is 36.5 Å². The lowest BCUT2D eigenvalue weighted by atomic mass is 10.2. The second-order valence-electron chi connectivity index (χ2n) is 4.79. The van der Waals surface area contributed by atoms with Crippen molar-refractivity contribution in [1.82, 2.24) is 5.32 Å². The van der Waals surface area contributed by atoms with Crippen molar-refractivity contribution < 1.29 is 4.74 Å². The number of halogens is 2. The van der Waals surface area contributed by atoms with E-state index in [0.29, 0.717) is 16.1 Å².